The van der Waals surface area contributed by atoms with Crippen molar-refractivity contribution in [1.82, 2.24) is 10.3 Å². The zero-order chi connectivity index (χ0) is 23.0. The number of carbonyl (C=O) groups excluding carboxylic acids is 2. The highest BCUT2D eigenvalue weighted by atomic mass is 16.5. The number of para-hydroxylation sites is 2. The predicted octanol–water partition coefficient (Wildman–Crippen LogP) is 3.85. The Hall–Kier alpha value is -3.65. The number of hydrogen-bond acceptors (Lipinski definition) is 6. The Labute approximate surface area is 192 Å². The first-order chi connectivity index (χ1) is 16.1. The summed E-state index contributed by atoms with van der Waals surface area (Å²) in [6, 6.07) is 16.7. The van der Waals surface area contributed by atoms with E-state index in [2.05, 4.69) is 15.6 Å². The molecule has 172 valence electrons. The van der Waals surface area contributed by atoms with Crippen LogP contribution in [-0.2, 0) is 20.9 Å². The van der Waals surface area contributed by atoms with Crippen LogP contribution in [0.1, 0.15) is 30.7 Å². The summed E-state index contributed by atoms with van der Waals surface area (Å²) in [6.45, 7) is 2.93. The normalized spacial score (nSPS) is 15.2. The molecule has 0 aliphatic carbocycles. The standard InChI is InChI=1S/C25H27N3O5/c1-17-21(16-26-23(29)13-15-31-18-8-3-2-4-9-18)28-25(33-17)19-10-5-6-11-20(19)27-24(30)22-12-7-14-32-22/h2-6,8-11,22H,7,12-16H2,1H3,(H,26,29)(H,27,30). The summed E-state index contributed by atoms with van der Waals surface area (Å²) in [7, 11) is 0. The highest BCUT2D eigenvalue weighted by Crippen LogP contribution is 2.29. The molecule has 1 saturated heterocycles. The van der Waals surface area contributed by atoms with Gasteiger partial charge in [0, 0.05) is 6.61 Å². The molecule has 4 rings (SSSR count). The molecule has 2 N–H and O–H groups in total. The second-order valence-electron chi connectivity index (χ2n) is 7.75. The van der Waals surface area contributed by atoms with E-state index in [1.165, 1.54) is 0 Å². The van der Waals surface area contributed by atoms with Crippen LogP contribution < -0.4 is 15.4 Å². The van der Waals surface area contributed by atoms with Gasteiger partial charge in [-0.05, 0) is 44.0 Å². The van der Waals surface area contributed by atoms with Crippen LogP contribution in [0.25, 0.3) is 11.5 Å². The summed E-state index contributed by atoms with van der Waals surface area (Å²) in [6.07, 6.45) is 1.40. The van der Waals surface area contributed by atoms with Crippen molar-refractivity contribution < 1.29 is 23.5 Å². The van der Waals surface area contributed by atoms with Crippen LogP contribution in [0.4, 0.5) is 5.69 Å². The average Bonchev–Trinajstić information content (AvgIpc) is 3.49. The summed E-state index contributed by atoms with van der Waals surface area (Å²) in [5.41, 5.74) is 1.90. The second kappa shape index (κ2) is 10.8. The van der Waals surface area contributed by atoms with Crippen molar-refractivity contribution in [1.29, 1.82) is 0 Å². The largest absolute Gasteiger partial charge is 0.493 e. The maximum absolute atomic E-state index is 12.5. The first-order valence-corrected chi connectivity index (χ1v) is 11.0. The third-order valence-corrected chi connectivity index (χ3v) is 5.32. The van der Waals surface area contributed by atoms with Crippen molar-refractivity contribution in [3.63, 3.8) is 0 Å². The molecule has 1 aromatic heterocycles. The quantitative estimate of drug-likeness (QED) is 0.514. The molecule has 0 radical (unpaired) electrons. The van der Waals surface area contributed by atoms with Crippen molar-refractivity contribution in [3.8, 4) is 17.2 Å². The van der Waals surface area contributed by atoms with E-state index < -0.39 is 6.10 Å². The fourth-order valence-electron chi connectivity index (χ4n) is 3.53. The molecule has 0 saturated carbocycles. The van der Waals surface area contributed by atoms with Gasteiger partial charge in [-0.15, -0.1) is 0 Å². The van der Waals surface area contributed by atoms with Crippen molar-refractivity contribution in [2.45, 2.75) is 38.8 Å². The Morgan fingerprint density at radius 1 is 1.12 bits per heavy atom. The highest BCUT2D eigenvalue weighted by Gasteiger charge is 2.25. The number of aromatic nitrogens is 1. The van der Waals surface area contributed by atoms with E-state index in [4.69, 9.17) is 13.9 Å². The van der Waals surface area contributed by atoms with Gasteiger partial charge >= 0.3 is 0 Å². The predicted molar refractivity (Wildman–Crippen MR) is 123 cm³/mol. The van der Waals surface area contributed by atoms with Crippen molar-refractivity contribution in [3.05, 3.63) is 66.1 Å². The van der Waals surface area contributed by atoms with Crippen LogP contribution in [0.3, 0.4) is 0 Å². The maximum Gasteiger partial charge on any atom is 0.253 e. The summed E-state index contributed by atoms with van der Waals surface area (Å²) in [5, 5.41) is 5.77. The first-order valence-electron chi connectivity index (χ1n) is 11.0. The maximum atomic E-state index is 12.5. The third-order valence-electron chi connectivity index (χ3n) is 5.32. The lowest BCUT2D eigenvalue weighted by molar-refractivity contribution is -0.124. The molecule has 1 fully saturated rings. The lowest BCUT2D eigenvalue weighted by atomic mass is 10.1. The smallest absolute Gasteiger partial charge is 0.253 e. The average molecular weight is 450 g/mol. The molecule has 33 heavy (non-hydrogen) atoms. The molecule has 1 aliphatic rings. The molecule has 2 amide bonds. The number of hydrogen-bond donors (Lipinski definition) is 2. The minimum absolute atomic E-state index is 0.140. The van der Waals surface area contributed by atoms with Crippen molar-refractivity contribution >= 4 is 17.5 Å². The van der Waals surface area contributed by atoms with E-state index in [1.54, 1.807) is 13.0 Å². The summed E-state index contributed by atoms with van der Waals surface area (Å²) >= 11 is 0. The monoisotopic (exact) mass is 449 g/mol. The van der Waals surface area contributed by atoms with Gasteiger partial charge in [-0.25, -0.2) is 4.98 Å². The van der Waals surface area contributed by atoms with Crippen LogP contribution in [0, 0.1) is 6.92 Å². The summed E-state index contributed by atoms with van der Waals surface area (Å²) < 4.78 is 16.9. The van der Waals surface area contributed by atoms with Crippen molar-refractivity contribution in [2.24, 2.45) is 0 Å². The molecule has 3 aromatic rings. The van der Waals surface area contributed by atoms with Gasteiger partial charge < -0.3 is 24.5 Å². The second-order valence-corrected chi connectivity index (χ2v) is 7.75. The van der Waals surface area contributed by atoms with E-state index in [1.807, 2.05) is 48.5 Å². The van der Waals surface area contributed by atoms with Crippen LogP contribution in [-0.4, -0.2) is 36.1 Å². The summed E-state index contributed by atoms with van der Waals surface area (Å²) in [4.78, 5) is 29.2. The number of amides is 2. The zero-order valence-electron chi connectivity index (χ0n) is 18.5. The molecule has 0 spiro atoms. The third kappa shape index (κ3) is 5.98. The Balaban J connectivity index is 1.34. The lowest BCUT2D eigenvalue weighted by Gasteiger charge is -2.12. The molecule has 0 bridgehead atoms. The molecular formula is C25H27N3O5. The minimum atomic E-state index is -0.430. The molecule has 8 nitrogen and oxygen atoms in total. The molecule has 1 aliphatic heterocycles. The fourth-order valence-corrected chi connectivity index (χ4v) is 3.53. The number of aryl methyl sites for hydroxylation is 1. The molecular weight excluding hydrogens is 422 g/mol. The number of oxazole rings is 1. The topological polar surface area (TPSA) is 103 Å². The first kappa shape index (κ1) is 22.5. The number of benzene rings is 2. The number of ether oxygens (including phenoxy) is 2. The van der Waals surface area contributed by atoms with Gasteiger partial charge in [0.15, 0.2) is 0 Å². The van der Waals surface area contributed by atoms with E-state index in [0.29, 0.717) is 41.6 Å². The fraction of sp³-hybridized carbons (Fsp3) is 0.320. The minimum Gasteiger partial charge on any atom is -0.493 e. The van der Waals surface area contributed by atoms with Gasteiger partial charge in [-0.1, -0.05) is 30.3 Å². The van der Waals surface area contributed by atoms with E-state index in [9.17, 15) is 9.59 Å². The van der Waals surface area contributed by atoms with Gasteiger partial charge in [0.25, 0.3) is 5.91 Å². The lowest BCUT2D eigenvalue weighted by Crippen LogP contribution is -2.27. The molecule has 1 unspecified atom stereocenters. The number of rotatable bonds is 9. The highest BCUT2D eigenvalue weighted by molar-refractivity contribution is 5.97. The van der Waals surface area contributed by atoms with Gasteiger partial charge in [0.2, 0.25) is 11.8 Å². The Morgan fingerprint density at radius 2 is 1.91 bits per heavy atom. The van der Waals surface area contributed by atoms with Crippen LogP contribution in [0.2, 0.25) is 0 Å². The zero-order valence-corrected chi connectivity index (χ0v) is 18.5. The number of nitrogens with zero attached hydrogens (tertiary/aromatic N) is 1. The Bertz CT molecular complexity index is 1090. The van der Waals surface area contributed by atoms with Crippen LogP contribution in [0.5, 0.6) is 5.75 Å². The van der Waals surface area contributed by atoms with Gasteiger partial charge in [0.1, 0.15) is 23.3 Å². The number of nitrogens with one attached hydrogen (secondary N) is 2. The Morgan fingerprint density at radius 3 is 2.70 bits per heavy atom. The van der Waals surface area contributed by atoms with E-state index in [0.717, 1.165) is 12.2 Å². The van der Waals surface area contributed by atoms with Crippen molar-refractivity contribution in [2.75, 3.05) is 18.5 Å². The van der Waals surface area contributed by atoms with Gasteiger partial charge in [0.05, 0.1) is 30.8 Å². The number of anilines is 1. The van der Waals surface area contributed by atoms with E-state index in [-0.39, 0.29) is 31.4 Å². The molecule has 2 aromatic carbocycles. The van der Waals surface area contributed by atoms with Gasteiger partial charge in [-0.2, -0.15) is 0 Å². The van der Waals surface area contributed by atoms with E-state index >= 15 is 0 Å². The summed E-state index contributed by atoms with van der Waals surface area (Å²) in [5.74, 6) is 1.40. The SMILES string of the molecule is Cc1oc(-c2ccccc2NC(=O)C2CCCO2)nc1CNC(=O)CCOc1ccccc1. The molecule has 1 atom stereocenters. The number of carbonyl (C=O) groups is 2. The van der Waals surface area contributed by atoms with Crippen LogP contribution >= 0.6 is 0 Å². The van der Waals surface area contributed by atoms with Gasteiger partial charge in [-0.3, -0.25) is 9.59 Å². The Kier molecular flexibility index (Phi) is 7.36. The van der Waals surface area contributed by atoms with Crippen LogP contribution in [0.15, 0.2) is 59.0 Å². The molecule has 2 heterocycles. The molecule has 8 heteroatoms.